The van der Waals surface area contributed by atoms with Crippen molar-refractivity contribution in [3.05, 3.63) is 28.6 Å². The fourth-order valence-electron chi connectivity index (χ4n) is 1.62. The Hall–Kier alpha value is -0.960. The number of primary sulfonamides is 1. The molecule has 104 valence electrons. The van der Waals surface area contributed by atoms with Crippen LogP contribution in [0.1, 0.15) is 12.5 Å². The monoisotopic (exact) mass is 317 g/mol. The zero-order valence-electron chi connectivity index (χ0n) is 10.6. The van der Waals surface area contributed by atoms with E-state index in [2.05, 4.69) is 23.4 Å². The zero-order valence-corrected chi connectivity index (χ0v) is 13.1. The highest BCUT2D eigenvalue weighted by atomic mass is 32.2. The van der Waals surface area contributed by atoms with Crippen LogP contribution in [0, 0.1) is 0 Å². The van der Waals surface area contributed by atoms with E-state index in [1.54, 1.807) is 11.3 Å². The highest BCUT2D eigenvalue weighted by molar-refractivity contribution is 7.91. The van der Waals surface area contributed by atoms with Gasteiger partial charge in [0.2, 0.25) is 10.0 Å². The minimum absolute atomic E-state index is 0.0945. The molecule has 0 unspecified atom stereocenters. The van der Waals surface area contributed by atoms with Crippen molar-refractivity contribution in [1.82, 2.24) is 4.98 Å². The molecule has 0 bridgehead atoms. The van der Waals surface area contributed by atoms with Gasteiger partial charge in [0.05, 0.1) is 6.20 Å². The van der Waals surface area contributed by atoms with Crippen molar-refractivity contribution < 1.29 is 8.42 Å². The molecule has 19 heavy (non-hydrogen) atoms. The third kappa shape index (κ3) is 3.53. The number of aromatic nitrogens is 1. The molecule has 1 atom stereocenters. The number of hydrogen-bond acceptors (Lipinski definition) is 6. The zero-order chi connectivity index (χ0) is 14.0. The molecule has 2 N–H and O–H groups in total. The highest BCUT2D eigenvalue weighted by Gasteiger charge is 2.18. The van der Waals surface area contributed by atoms with E-state index in [9.17, 15) is 8.42 Å². The summed E-state index contributed by atoms with van der Waals surface area (Å²) < 4.78 is 22.5. The topological polar surface area (TPSA) is 76.3 Å². The van der Waals surface area contributed by atoms with Gasteiger partial charge in [0.25, 0.3) is 0 Å². The van der Waals surface area contributed by atoms with Crippen LogP contribution in [0.25, 0.3) is 0 Å². The van der Waals surface area contributed by atoms with E-state index >= 15 is 0 Å². The molecule has 0 fully saturated rings. The van der Waals surface area contributed by atoms with Crippen molar-refractivity contribution in [2.75, 3.05) is 11.9 Å². The van der Waals surface area contributed by atoms with E-state index in [-0.39, 0.29) is 10.3 Å². The molecule has 0 spiro atoms. The van der Waals surface area contributed by atoms with E-state index in [4.69, 9.17) is 5.14 Å². The predicted molar refractivity (Wildman–Crippen MR) is 79.4 cm³/mol. The first-order valence-electron chi connectivity index (χ1n) is 5.60. The number of thiophene rings is 1. The van der Waals surface area contributed by atoms with Crippen molar-refractivity contribution >= 4 is 37.8 Å². The van der Waals surface area contributed by atoms with Crippen molar-refractivity contribution in [1.29, 1.82) is 0 Å². The van der Waals surface area contributed by atoms with Crippen molar-refractivity contribution in [3.8, 4) is 0 Å². The lowest BCUT2D eigenvalue weighted by atomic mass is 10.1. The van der Waals surface area contributed by atoms with Crippen molar-refractivity contribution in [2.45, 2.75) is 23.6 Å². The van der Waals surface area contributed by atoms with Gasteiger partial charge in [0.15, 0.2) is 9.34 Å². The Kier molecular flexibility index (Phi) is 4.24. The van der Waals surface area contributed by atoms with Crippen molar-refractivity contribution in [3.63, 3.8) is 0 Å². The number of hydrogen-bond donors (Lipinski definition) is 1. The largest absolute Gasteiger partial charge is 0.348 e. The Labute approximate surface area is 120 Å². The van der Waals surface area contributed by atoms with Gasteiger partial charge in [-0.3, -0.25) is 0 Å². The Morgan fingerprint density at radius 1 is 1.53 bits per heavy atom. The van der Waals surface area contributed by atoms with Gasteiger partial charge in [-0.25, -0.2) is 18.5 Å². The van der Waals surface area contributed by atoms with Gasteiger partial charge in [-0.05, 0) is 35.7 Å². The number of rotatable bonds is 5. The van der Waals surface area contributed by atoms with Gasteiger partial charge >= 0.3 is 0 Å². The second-order valence-electron chi connectivity index (χ2n) is 4.30. The number of likely N-dealkylation sites (N-methyl/N-ethyl adjacent to an activating group) is 1. The summed E-state index contributed by atoms with van der Waals surface area (Å²) in [7, 11) is -1.75. The minimum Gasteiger partial charge on any atom is -0.348 e. The molecule has 2 rings (SSSR count). The van der Waals surface area contributed by atoms with Crippen LogP contribution in [0.2, 0.25) is 0 Å². The standard InChI is InChI=1S/C11H15N3O2S3/c1-8(5-9-3-4-17-7-9)14(2)11-13-6-10(18-11)19(12,15)16/h3-4,6-8H,5H2,1-2H3,(H2,12,15,16)/t8-/m0/s1. The fraction of sp³-hybridized carbons (Fsp3) is 0.364. The van der Waals surface area contributed by atoms with Crippen LogP contribution in [0.4, 0.5) is 5.13 Å². The lowest BCUT2D eigenvalue weighted by Crippen LogP contribution is -2.30. The van der Waals surface area contributed by atoms with Gasteiger partial charge in [0, 0.05) is 13.1 Å². The van der Waals surface area contributed by atoms with Crippen LogP contribution in [0.3, 0.4) is 0 Å². The molecule has 2 heterocycles. The summed E-state index contributed by atoms with van der Waals surface area (Å²) in [5.74, 6) is 0. The molecule has 0 aliphatic carbocycles. The molecule has 0 saturated heterocycles. The first-order valence-corrected chi connectivity index (χ1v) is 8.91. The Morgan fingerprint density at radius 2 is 2.26 bits per heavy atom. The average Bonchev–Trinajstić information content (AvgIpc) is 2.97. The van der Waals surface area contributed by atoms with Crippen molar-refractivity contribution in [2.24, 2.45) is 5.14 Å². The summed E-state index contributed by atoms with van der Waals surface area (Å²) in [5.41, 5.74) is 1.27. The van der Waals surface area contributed by atoms with E-state index in [1.165, 1.54) is 11.8 Å². The number of thiazole rings is 1. The van der Waals surface area contributed by atoms with Gasteiger partial charge in [-0.1, -0.05) is 11.3 Å². The summed E-state index contributed by atoms with van der Waals surface area (Å²) in [5, 5.41) is 9.90. The molecule has 0 aliphatic rings. The molecular weight excluding hydrogens is 302 g/mol. The molecule has 2 aromatic rings. The molecule has 5 nitrogen and oxygen atoms in total. The maximum Gasteiger partial charge on any atom is 0.249 e. The lowest BCUT2D eigenvalue weighted by molar-refractivity contribution is 0.599. The second-order valence-corrected chi connectivity index (χ2v) is 7.88. The van der Waals surface area contributed by atoms with Crippen LogP contribution in [-0.4, -0.2) is 26.5 Å². The van der Waals surface area contributed by atoms with Crippen LogP contribution in [0.15, 0.2) is 27.2 Å². The fourth-order valence-corrected chi connectivity index (χ4v) is 3.90. The first kappa shape index (κ1) is 14.4. The summed E-state index contributed by atoms with van der Waals surface area (Å²) >= 11 is 2.76. The maximum absolute atomic E-state index is 11.2. The van der Waals surface area contributed by atoms with Crippen LogP contribution in [0.5, 0.6) is 0 Å². The first-order chi connectivity index (χ1) is 8.88. The summed E-state index contributed by atoms with van der Waals surface area (Å²) in [4.78, 5) is 6.09. The van der Waals surface area contributed by atoms with Gasteiger partial charge < -0.3 is 4.90 Å². The van der Waals surface area contributed by atoms with Gasteiger partial charge in [-0.2, -0.15) is 11.3 Å². The third-order valence-corrected chi connectivity index (χ3v) is 6.05. The number of anilines is 1. The van der Waals surface area contributed by atoms with E-state index in [1.807, 2.05) is 17.3 Å². The Bertz CT molecular complexity index is 634. The number of nitrogens with two attached hydrogens (primary N) is 1. The molecule has 0 aliphatic heterocycles. The summed E-state index contributed by atoms with van der Waals surface area (Å²) in [6.07, 6.45) is 2.20. The van der Waals surface area contributed by atoms with E-state index in [0.717, 1.165) is 17.8 Å². The number of sulfonamides is 1. The smallest absolute Gasteiger partial charge is 0.249 e. The Balaban J connectivity index is 2.11. The normalized spacial score (nSPS) is 13.4. The quantitative estimate of drug-likeness (QED) is 0.914. The van der Waals surface area contributed by atoms with Gasteiger partial charge in [-0.15, -0.1) is 0 Å². The minimum atomic E-state index is -3.66. The Morgan fingerprint density at radius 3 is 2.79 bits per heavy atom. The molecule has 0 aromatic carbocycles. The molecule has 8 heteroatoms. The molecule has 0 amide bonds. The van der Waals surface area contributed by atoms with E-state index < -0.39 is 10.0 Å². The third-order valence-electron chi connectivity index (χ3n) is 2.83. The van der Waals surface area contributed by atoms with E-state index in [0.29, 0.717) is 5.13 Å². The molecule has 2 aromatic heterocycles. The SMILES string of the molecule is C[C@@H](Cc1ccsc1)N(C)c1ncc(S(N)(=O)=O)s1. The highest BCUT2D eigenvalue weighted by Crippen LogP contribution is 2.26. The average molecular weight is 317 g/mol. The van der Waals surface area contributed by atoms with Crippen LogP contribution < -0.4 is 10.0 Å². The summed E-state index contributed by atoms with van der Waals surface area (Å²) in [6.45, 7) is 2.08. The molecule has 0 saturated carbocycles. The molecular formula is C11H15N3O2S3. The maximum atomic E-state index is 11.2. The number of nitrogens with zero attached hydrogens (tertiary/aromatic N) is 2. The lowest BCUT2D eigenvalue weighted by Gasteiger charge is -2.23. The summed E-state index contributed by atoms with van der Waals surface area (Å²) in [6, 6.07) is 2.32. The molecule has 0 radical (unpaired) electrons. The second kappa shape index (κ2) is 5.58. The van der Waals surface area contributed by atoms with Gasteiger partial charge in [0.1, 0.15) is 0 Å². The van der Waals surface area contributed by atoms with Crippen LogP contribution in [-0.2, 0) is 16.4 Å². The predicted octanol–water partition coefficient (Wildman–Crippen LogP) is 1.92. The van der Waals surface area contributed by atoms with Crippen LogP contribution >= 0.6 is 22.7 Å².